The first-order chi connectivity index (χ1) is 8.58. The van der Waals surface area contributed by atoms with Crippen molar-refractivity contribution in [1.82, 2.24) is 0 Å². The quantitative estimate of drug-likeness (QED) is 0.783. The van der Waals surface area contributed by atoms with Gasteiger partial charge in [-0.25, -0.2) is 0 Å². The van der Waals surface area contributed by atoms with Crippen molar-refractivity contribution in [1.29, 1.82) is 0 Å². The minimum absolute atomic E-state index is 0.185. The fraction of sp³-hybridized carbons (Fsp3) is 0.600. The van der Waals surface area contributed by atoms with Crippen molar-refractivity contribution in [2.45, 2.75) is 46.1 Å². The van der Waals surface area contributed by atoms with E-state index in [1.807, 2.05) is 6.92 Å². The molecule has 0 spiro atoms. The number of hydrogen-bond donors (Lipinski definition) is 2. The van der Waals surface area contributed by atoms with E-state index >= 15 is 0 Å². The zero-order valence-corrected chi connectivity index (χ0v) is 11.6. The molecule has 0 amide bonds. The van der Waals surface area contributed by atoms with E-state index in [4.69, 9.17) is 9.84 Å². The smallest absolute Gasteiger partial charge is 0.125 e. The van der Waals surface area contributed by atoms with Crippen LogP contribution < -0.4 is 4.74 Å². The average molecular weight is 252 g/mol. The monoisotopic (exact) mass is 252 g/mol. The predicted octanol–water partition coefficient (Wildman–Crippen LogP) is 2.38. The number of aliphatic hydroxyl groups is 2. The minimum atomic E-state index is -0.648. The lowest BCUT2D eigenvalue weighted by Crippen LogP contribution is -2.13. The normalized spacial score (nSPS) is 12.5. The Morgan fingerprint density at radius 2 is 2.00 bits per heavy atom. The second kappa shape index (κ2) is 7.39. The van der Waals surface area contributed by atoms with E-state index in [0.717, 1.165) is 29.7 Å². The lowest BCUT2D eigenvalue weighted by molar-refractivity contribution is 0.0884. The fourth-order valence-electron chi connectivity index (χ4n) is 2.05. The summed E-state index contributed by atoms with van der Waals surface area (Å²) >= 11 is 0. The Labute approximate surface area is 109 Å². The second-order valence-electron chi connectivity index (χ2n) is 4.79. The molecule has 1 atom stereocenters. The Balaban J connectivity index is 2.85. The van der Waals surface area contributed by atoms with Crippen molar-refractivity contribution in [3.63, 3.8) is 0 Å². The third-order valence-electron chi connectivity index (χ3n) is 2.90. The van der Waals surface area contributed by atoms with Gasteiger partial charge < -0.3 is 14.9 Å². The number of aryl methyl sites for hydroxylation is 3. The van der Waals surface area contributed by atoms with E-state index in [1.54, 1.807) is 0 Å². The van der Waals surface area contributed by atoms with Gasteiger partial charge in [0.05, 0.1) is 19.3 Å². The van der Waals surface area contributed by atoms with Gasteiger partial charge in [0.15, 0.2) is 0 Å². The second-order valence-corrected chi connectivity index (χ2v) is 4.79. The van der Waals surface area contributed by atoms with Crippen LogP contribution in [0.4, 0.5) is 0 Å². The first kappa shape index (κ1) is 15.0. The van der Waals surface area contributed by atoms with Gasteiger partial charge in [-0.1, -0.05) is 24.6 Å². The van der Waals surface area contributed by atoms with Crippen LogP contribution in [0.15, 0.2) is 12.1 Å². The molecule has 0 bridgehead atoms. The maximum absolute atomic E-state index is 9.43. The summed E-state index contributed by atoms with van der Waals surface area (Å²) in [4.78, 5) is 0. The summed E-state index contributed by atoms with van der Waals surface area (Å²) in [5.74, 6) is 0.938. The molecule has 1 aromatic carbocycles. The van der Waals surface area contributed by atoms with Gasteiger partial charge >= 0.3 is 0 Å². The molecule has 1 unspecified atom stereocenters. The molecule has 0 saturated heterocycles. The van der Waals surface area contributed by atoms with Gasteiger partial charge in [0.25, 0.3) is 0 Å². The van der Waals surface area contributed by atoms with Crippen LogP contribution >= 0.6 is 0 Å². The van der Waals surface area contributed by atoms with Gasteiger partial charge in [-0.2, -0.15) is 0 Å². The molecule has 18 heavy (non-hydrogen) atoms. The summed E-state index contributed by atoms with van der Waals surface area (Å²) in [7, 11) is 0. The number of ether oxygens (including phenoxy) is 1. The van der Waals surface area contributed by atoms with Gasteiger partial charge in [-0.3, -0.25) is 0 Å². The zero-order valence-electron chi connectivity index (χ0n) is 11.6. The van der Waals surface area contributed by atoms with Crippen LogP contribution in [0.5, 0.6) is 5.75 Å². The summed E-state index contributed by atoms with van der Waals surface area (Å²) in [5.41, 5.74) is 3.45. The lowest BCUT2D eigenvalue weighted by atomic mass is 10.0. The van der Waals surface area contributed by atoms with E-state index in [0.29, 0.717) is 13.0 Å². The average Bonchev–Trinajstić information content (AvgIpc) is 2.34. The summed E-state index contributed by atoms with van der Waals surface area (Å²) < 4.78 is 5.79. The Kier molecular flexibility index (Phi) is 6.16. The van der Waals surface area contributed by atoms with Crippen LogP contribution in [0, 0.1) is 13.8 Å². The van der Waals surface area contributed by atoms with Crippen LogP contribution in [-0.4, -0.2) is 29.5 Å². The van der Waals surface area contributed by atoms with Crippen molar-refractivity contribution >= 4 is 0 Å². The van der Waals surface area contributed by atoms with Crippen LogP contribution in [0.25, 0.3) is 0 Å². The first-order valence-corrected chi connectivity index (χ1v) is 6.60. The van der Waals surface area contributed by atoms with Crippen molar-refractivity contribution < 1.29 is 14.9 Å². The first-order valence-electron chi connectivity index (χ1n) is 6.60. The Bertz CT molecular complexity index is 374. The van der Waals surface area contributed by atoms with Crippen molar-refractivity contribution in [3.8, 4) is 5.75 Å². The third-order valence-corrected chi connectivity index (χ3v) is 2.90. The summed E-state index contributed by atoms with van der Waals surface area (Å²) in [6.07, 6.45) is 1.61. The molecule has 0 aliphatic carbocycles. The zero-order chi connectivity index (χ0) is 13.5. The highest BCUT2D eigenvalue weighted by molar-refractivity contribution is 5.44. The summed E-state index contributed by atoms with van der Waals surface area (Å²) in [6, 6.07) is 4.21. The Morgan fingerprint density at radius 3 is 2.61 bits per heavy atom. The minimum Gasteiger partial charge on any atom is -0.493 e. The molecule has 0 aromatic heterocycles. The number of rotatable bonds is 7. The van der Waals surface area contributed by atoms with Crippen molar-refractivity contribution in [3.05, 3.63) is 28.8 Å². The summed E-state index contributed by atoms with van der Waals surface area (Å²) in [5, 5.41) is 18.3. The van der Waals surface area contributed by atoms with E-state index in [9.17, 15) is 5.11 Å². The predicted molar refractivity (Wildman–Crippen MR) is 73.1 cm³/mol. The molecule has 0 heterocycles. The van der Waals surface area contributed by atoms with Gasteiger partial charge in [0.1, 0.15) is 5.75 Å². The molecule has 102 valence electrons. The Morgan fingerprint density at radius 1 is 1.28 bits per heavy atom. The number of benzene rings is 1. The van der Waals surface area contributed by atoms with Crippen LogP contribution in [0.3, 0.4) is 0 Å². The number of aliphatic hydroxyl groups excluding tert-OH is 2. The van der Waals surface area contributed by atoms with E-state index in [1.165, 1.54) is 5.56 Å². The van der Waals surface area contributed by atoms with Gasteiger partial charge in [-0.05, 0) is 44.2 Å². The summed E-state index contributed by atoms with van der Waals surface area (Å²) in [6.45, 7) is 6.71. The molecule has 1 aromatic rings. The number of hydrogen-bond acceptors (Lipinski definition) is 3. The molecule has 0 aliphatic heterocycles. The molecule has 0 fully saturated rings. The van der Waals surface area contributed by atoms with Gasteiger partial charge in [0.2, 0.25) is 0 Å². The van der Waals surface area contributed by atoms with Crippen LogP contribution in [0.2, 0.25) is 0 Å². The van der Waals surface area contributed by atoms with E-state index in [-0.39, 0.29) is 6.61 Å². The fourth-order valence-corrected chi connectivity index (χ4v) is 2.05. The largest absolute Gasteiger partial charge is 0.493 e. The van der Waals surface area contributed by atoms with Crippen LogP contribution in [-0.2, 0) is 6.42 Å². The standard InChI is InChI=1S/C15H24O3/c1-4-7-18-15-12(3)8-11(2)9-13(15)5-6-14(17)10-16/h8-9,14,16-17H,4-7,10H2,1-3H3. The van der Waals surface area contributed by atoms with E-state index < -0.39 is 6.10 Å². The molecular weight excluding hydrogens is 228 g/mol. The highest BCUT2D eigenvalue weighted by Crippen LogP contribution is 2.27. The molecule has 0 saturated carbocycles. The van der Waals surface area contributed by atoms with Crippen molar-refractivity contribution in [2.75, 3.05) is 13.2 Å². The lowest BCUT2D eigenvalue weighted by Gasteiger charge is -2.16. The molecule has 0 aliphatic rings. The maximum Gasteiger partial charge on any atom is 0.125 e. The topological polar surface area (TPSA) is 49.7 Å². The van der Waals surface area contributed by atoms with Crippen LogP contribution in [0.1, 0.15) is 36.5 Å². The molecule has 3 heteroatoms. The SMILES string of the molecule is CCCOc1c(C)cc(C)cc1CCC(O)CO. The molecule has 0 radical (unpaired) electrons. The highest BCUT2D eigenvalue weighted by Gasteiger charge is 2.10. The molecule has 2 N–H and O–H groups in total. The van der Waals surface area contributed by atoms with E-state index in [2.05, 4.69) is 26.0 Å². The van der Waals surface area contributed by atoms with Gasteiger partial charge in [-0.15, -0.1) is 0 Å². The molecule has 1 rings (SSSR count). The van der Waals surface area contributed by atoms with Crippen molar-refractivity contribution in [2.24, 2.45) is 0 Å². The maximum atomic E-state index is 9.43. The highest BCUT2D eigenvalue weighted by atomic mass is 16.5. The molecule has 3 nitrogen and oxygen atoms in total. The Hall–Kier alpha value is -1.06. The molecular formula is C15H24O3. The van der Waals surface area contributed by atoms with Gasteiger partial charge in [0, 0.05) is 0 Å². The third kappa shape index (κ3) is 4.31.